The highest BCUT2D eigenvalue weighted by Crippen LogP contribution is 2.27. The summed E-state index contributed by atoms with van der Waals surface area (Å²) in [6.07, 6.45) is 2.84. The fourth-order valence-corrected chi connectivity index (χ4v) is 2.55. The molecule has 4 nitrogen and oxygen atoms in total. The molecule has 1 unspecified atom stereocenters. The Hall–Kier alpha value is -2.30. The lowest BCUT2D eigenvalue weighted by molar-refractivity contribution is 0.121. The Balaban J connectivity index is 1.98. The number of benzene rings is 1. The molecule has 4 heteroatoms. The average Bonchev–Trinajstić information content (AvgIpc) is 2.59. The quantitative estimate of drug-likeness (QED) is 0.715. The third-order valence-corrected chi connectivity index (χ3v) is 3.81. The summed E-state index contributed by atoms with van der Waals surface area (Å²) in [7, 11) is 0. The number of pyridine rings is 2. The Morgan fingerprint density at radius 1 is 1.04 bits per heavy atom. The van der Waals surface area contributed by atoms with Crippen LogP contribution < -0.4 is 5.32 Å². The van der Waals surface area contributed by atoms with Crippen molar-refractivity contribution in [2.45, 2.75) is 27.0 Å². The molecule has 0 aliphatic heterocycles. The van der Waals surface area contributed by atoms with Crippen molar-refractivity contribution in [1.82, 2.24) is 15.3 Å². The van der Waals surface area contributed by atoms with Crippen molar-refractivity contribution >= 4 is 10.9 Å². The number of rotatable bonds is 4. The van der Waals surface area contributed by atoms with E-state index >= 15 is 0 Å². The van der Waals surface area contributed by atoms with Gasteiger partial charge >= 0.3 is 0 Å². The van der Waals surface area contributed by atoms with Gasteiger partial charge in [0.1, 0.15) is 6.23 Å². The van der Waals surface area contributed by atoms with E-state index in [4.69, 9.17) is 4.98 Å². The second kappa shape index (κ2) is 6.67. The molecule has 0 amide bonds. The molecule has 0 saturated heterocycles. The zero-order chi connectivity index (χ0) is 17.2. The molecule has 1 aromatic carbocycles. The smallest absolute Gasteiger partial charge is 0.148 e. The van der Waals surface area contributed by atoms with Gasteiger partial charge in [-0.05, 0) is 23.1 Å². The van der Waals surface area contributed by atoms with Gasteiger partial charge in [-0.15, -0.1) is 0 Å². The van der Waals surface area contributed by atoms with E-state index in [0.29, 0.717) is 12.2 Å². The van der Waals surface area contributed by atoms with Crippen molar-refractivity contribution in [3.05, 3.63) is 60.6 Å². The summed E-state index contributed by atoms with van der Waals surface area (Å²) in [5.41, 5.74) is 3.60. The molecule has 124 valence electrons. The maximum Gasteiger partial charge on any atom is 0.148 e. The molecule has 3 aromatic rings. The van der Waals surface area contributed by atoms with Gasteiger partial charge in [-0.1, -0.05) is 51.1 Å². The normalized spacial score (nSPS) is 13.2. The fourth-order valence-electron chi connectivity index (χ4n) is 2.55. The van der Waals surface area contributed by atoms with Gasteiger partial charge in [-0.3, -0.25) is 10.3 Å². The van der Waals surface area contributed by atoms with Gasteiger partial charge < -0.3 is 5.11 Å². The van der Waals surface area contributed by atoms with Gasteiger partial charge in [-0.25, -0.2) is 4.98 Å². The van der Waals surface area contributed by atoms with E-state index in [1.807, 2.05) is 48.7 Å². The lowest BCUT2D eigenvalue weighted by atomic mass is 9.97. The summed E-state index contributed by atoms with van der Waals surface area (Å²) in [6, 6.07) is 13.9. The number of hydrogen-bond acceptors (Lipinski definition) is 4. The first-order valence-corrected chi connectivity index (χ1v) is 8.15. The Labute approximate surface area is 142 Å². The number of hydrogen-bond donors (Lipinski definition) is 2. The Morgan fingerprint density at radius 3 is 2.50 bits per heavy atom. The number of nitrogens with one attached hydrogen (secondary N) is 1. The van der Waals surface area contributed by atoms with Gasteiger partial charge in [0.25, 0.3) is 0 Å². The van der Waals surface area contributed by atoms with E-state index in [1.165, 1.54) is 0 Å². The van der Waals surface area contributed by atoms with Crippen LogP contribution in [-0.4, -0.2) is 21.6 Å². The van der Waals surface area contributed by atoms with Crippen molar-refractivity contribution in [1.29, 1.82) is 0 Å². The Bertz CT molecular complexity index is 825. The monoisotopic (exact) mass is 321 g/mol. The average molecular weight is 321 g/mol. The van der Waals surface area contributed by atoms with Crippen LogP contribution in [0.5, 0.6) is 0 Å². The summed E-state index contributed by atoms with van der Waals surface area (Å²) in [5.74, 6) is 0. The first kappa shape index (κ1) is 16.6. The molecule has 1 atom stereocenters. The van der Waals surface area contributed by atoms with Crippen molar-refractivity contribution in [2.24, 2.45) is 5.41 Å². The van der Waals surface area contributed by atoms with Crippen molar-refractivity contribution in [3.63, 3.8) is 0 Å². The van der Waals surface area contributed by atoms with E-state index in [9.17, 15) is 5.11 Å². The Morgan fingerprint density at radius 2 is 1.79 bits per heavy atom. The SMILES string of the molecule is CC(C)(C)CNC(O)c1ccc2cncc(-c3ccccc3)c2n1. The molecular weight excluding hydrogens is 298 g/mol. The second-order valence-corrected chi connectivity index (χ2v) is 7.21. The van der Waals surface area contributed by atoms with Gasteiger partial charge in [-0.2, -0.15) is 0 Å². The maximum atomic E-state index is 10.4. The second-order valence-electron chi connectivity index (χ2n) is 7.21. The van der Waals surface area contributed by atoms with Crippen molar-refractivity contribution in [2.75, 3.05) is 6.54 Å². The highest BCUT2D eigenvalue weighted by atomic mass is 16.3. The maximum absolute atomic E-state index is 10.4. The van der Waals surface area contributed by atoms with Crippen LogP contribution in [0.2, 0.25) is 0 Å². The molecular formula is C20H23N3O. The summed E-state index contributed by atoms with van der Waals surface area (Å²) >= 11 is 0. The molecule has 0 radical (unpaired) electrons. The van der Waals surface area contributed by atoms with Gasteiger partial charge in [0.15, 0.2) is 0 Å². The van der Waals surface area contributed by atoms with E-state index < -0.39 is 6.23 Å². The highest BCUT2D eigenvalue weighted by Gasteiger charge is 2.16. The van der Waals surface area contributed by atoms with Crippen LogP contribution in [0, 0.1) is 5.41 Å². The van der Waals surface area contributed by atoms with Crippen LogP contribution in [-0.2, 0) is 0 Å². The number of aliphatic hydroxyl groups is 1. The van der Waals surface area contributed by atoms with Crippen LogP contribution in [0.15, 0.2) is 54.9 Å². The minimum atomic E-state index is -0.787. The summed E-state index contributed by atoms with van der Waals surface area (Å²) in [5, 5.41) is 14.5. The van der Waals surface area contributed by atoms with Gasteiger partial charge in [0, 0.05) is 29.9 Å². The predicted molar refractivity (Wildman–Crippen MR) is 97.4 cm³/mol. The molecule has 0 bridgehead atoms. The van der Waals surface area contributed by atoms with Crippen molar-refractivity contribution in [3.8, 4) is 11.1 Å². The molecule has 0 spiro atoms. The fraction of sp³-hybridized carbons (Fsp3) is 0.300. The predicted octanol–water partition coefficient (Wildman–Crippen LogP) is 3.92. The molecule has 3 rings (SSSR count). The molecule has 2 N–H and O–H groups in total. The molecule has 0 aliphatic carbocycles. The molecule has 24 heavy (non-hydrogen) atoms. The number of nitrogens with zero attached hydrogens (tertiary/aromatic N) is 2. The summed E-state index contributed by atoms with van der Waals surface area (Å²) in [6.45, 7) is 7.08. The molecule has 2 aromatic heterocycles. The third kappa shape index (κ3) is 3.78. The van der Waals surface area contributed by atoms with Crippen LogP contribution in [0.4, 0.5) is 0 Å². The zero-order valence-electron chi connectivity index (χ0n) is 14.3. The largest absolute Gasteiger partial charge is 0.373 e. The van der Waals surface area contributed by atoms with Crippen LogP contribution in [0.25, 0.3) is 22.0 Å². The van der Waals surface area contributed by atoms with Crippen LogP contribution in [0.1, 0.15) is 32.7 Å². The first-order valence-electron chi connectivity index (χ1n) is 8.15. The van der Waals surface area contributed by atoms with Gasteiger partial charge in [0.05, 0.1) is 11.2 Å². The zero-order valence-corrected chi connectivity index (χ0v) is 14.3. The molecule has 0 aliphatic rings. The topological polar surface area (TPSA) is 58.0 Å². The number of fused-ring (bicyclic) bond motifs is 1. The third-order valence-electron chi connectivity index (χ3n) is 3.81. The molecule has 0 saturated carbocycles. The lowest BCUT2D eigenvalue weighted by Crippen LogP contribution is -2.30. The standard InChI is InChI=1S/C20H23N3O/c1-20(2,3)13-22-19(24)17-10-9-15-11-21-12-16(18(15)23-17)14-7-5-4-6-8-14/h4-12,19,22,24H,13H2,1-3H3. The Kier molecular flexibility index (Phi) is 4.60. The van der Waals surface area contributed by atoms with Crippen molar-refractivity contribution < 1.29 is 5.11 Å². The summed E-state index contributed by atoms with van der Waals surface area (Å²) in [4.78, 5) is 9.01. The van der Waals surface area contributed by atoms with E-state index in [1.54, 1.807) is 6.20 Å². The molecule has 0 fully saturated rings. The minimum Gasteiger partial charge on any atom is -0.373 e. The van der Waals surface area contributed by atoms with Crippen LogP contribution in [0.3, 0.4) is 0 Å². The van der Waals surface area contributed by atoms with E-state index in [-0.39, 0.29) is 5.41 Å². The number of aliphatic hydroxyl groups excluding tert-OH is 1. The van der Waals surface area contributed by atoms with E-state index in [0.717, 1.165) is 22.0 Å². The number of aromatic nitrogens is 2. The van der Waals surface area contributed by atoms with E-state index in [2.05, 4.69) is 31.1 Å². The minimum absolute atomic E-state index is 0.0942. The highest BCUT2D eigenvalue weighted by molar-refractivity contribution is 5.92. The van der Waals surface area contributed by atoms with Gasteiger partial charge in [0.2, 0.25) is 0 Å². The van der Waals surface area contributed by atoms with Crippen LogP contribution >= 0.6 is 0 Å². The first-order chi connectivity index (χ1) is 11.4. The lowest BCUT2D eigenvalue weighted by Gasteiger charge is -2.22. The summed E-state index contributed by atoms with van der Waals surface area (Å²) < 4.78 is 0. The molecule has 2 heterocycles.